The number of β-amino-alcohol motifs (C(OH)–C–C–N with tert-alkyl or cyclic N) is 1. The minimum Gasteiger partial charge on any atom is -0.392 e. The number of likely N-dealkylation sites (tertiary alicyclic amines) is 1. The Morgan fingerprint density at radius 2 is 1.86 bits per heavy atom. The van der Waals surface area contributed by atoms with Gasteiger partial charge in [0.2, 0.25) is 5.91 Å². The van der Waals surface area contributed by atoms with E-state index < -0.39 is 0 Å². The van der Waals surface area contributed by atoms with E-state index in [4.69, 9.17) is 4.74 Å². The SMILES string of the molecule is CCN(c1cc(-c2ccc(CN3CC[C@@H](O)C3)cc2)cc(C(=O)NCC2C(=O)NC(C)CC2C)c1C)C1CCOCC1. The van der Waals surface area contributed by atoms with Gasteiger partial charge in [-0.05, 0) is 86.8 Å². The van der Waals surface area contributed by atoms with Gasteiger partial charge in [-0.3, -0.25) is 14.5 Å². The van der Waals surface area contributed by atoms with Crippen molar-refractivity contribution in [3.8, 4) is 11.1 Å². The Morgan fingerprint density at radius 3 is 2.50 bits per heavy atom. The quantitative estimate of drug-likeness (QED) is 0.416. The van der Waals surface area contributed by atoms with Crippen molar-refractivity contribution in [2.45, 2.75) is 78.1 Å². The standard InChI is InChI=1S/C34H48N4O4/c1-5-38(28-11-14-42-15-12-28)32-18-27(26-8-6-25(7-9-26)20-37-13-10-29(39)21-37)17-30(24(32)4)33(40)35-19-31-22(2)16-23(3)36-34(31)41/h6-9,17-18,22-23,28-29,31,39H,5,10-16,19-21H2,1-4H3,(H,35,40)(H,36,41)/t22?,23?,29-,31?/m1/s1. The maximum atomic E-state index is 13.8. The van der Waals surface area contributed by atoms with Crippen molar-refractivity contribution in [1.29, 1.82) is 0 Å². The van der Waals surface area contributed by atoms with E-state index in [1.54, 1.807) is 0 Å². The van der Waals surface area contributed by atoms with E-state index in [9.17, 15) is 14.7 Å². The van der Waals surface area contributed by atoms with Crippen molar-refractivity contribution >= 4 is 17.5 Å². The van der Waals surface area contributed by atoms with Gasteiger partial charge in [0.1, 0.15) is 0 Å². The summed E-state index contributed by atoms with van der Waals surface area (Å²) < 4.78 is 5.65. The molecule has 8 heteroatoms. The number of aliphatic hydroxyl groups excluding tert-OH is 1. The van der Waals surface area contributed by atoms with Gasteiger partial charge < -0.3 is 25.4 Å². The fraction of sp³-hybridized carbons (Fsp3) is 0.588. The highest BCUT2D eigenvalue weighted by molar-refractivity contribution is 5.99. The lowest BCUT2D eigenvalue weighted by atomic mass is 9.84. The first-order valence-electron chi connectivity index (χ1n) is 15.8. The van der Waals surface area contributed by atoms with Crippen LogP contribution in [0, 0.1) is 18.8 Å². The number of anilines is 1. The molecule has 0 aliphatic carbocycles. The molecule has 0 radical (unpaired) electrons. The van der Waals surface area contributed by atoms with Gasteiger partial charge in [-0.15, -0.1) is 0 Å². The molecule has 0 bridgehead atoms. The van der Waals surface area contributed by atoms with Gasteiger partial charge in [0.25, 0.3) is 5.91 Å². The van der Waals surface area contributed by atoms with Crippen LogP contribution in [0.15, 0.2) is 36.4 Å². The van der Waals surface area contributed by atoms with Crippen LogP contribution >= 0.6 is 0 Å². The first-order valence-corrected chi connectivity index (χ1v) is 15.8. The minimum atomic E-state index is -0.230. The van der Waals surface area contributed by atoms with Gasteiger partial charge in [-0.2, -0.15) is 0 Å². The Labute approximate surface area is 250 Å². The fourth-order valence-electron chi connectivity index (χ4n) is 7.02. The van der Waals surface area contributed by atoms with Crippen LogP contribution < -0.4 is 15.5 Å². The average Bonchev–Trinajstić information content (AvgIpc) is 3.38. The second-order valence-electron chi connectivity index (χ2n) is 12.6. The third kappa shape index (κ3) is 6.99. The molecule has 3 unspecified atom stereocenters. The summed E-state index contributed by atoms with van der Waals surface area (Å²) in [6.45, 7) is 13.5. The summed E-state index contributed by atoms with van der Waals surface area (Å²) in [6, 6.07) is 13.3. The van der Waals surface area contributed by atoms with Crippen molar-refractivity contribution in [2.24, 2.45) is 11.8 Å². The van der Waals surface area contributed by atoms with Crippen molar-refractivity contribution < 1.29 is 19.4 Å². The summed E-state index contributed by atoms with van der Waals surface area (Å²) in [7, 11) is 0. The zero-order valence-electron chi connectivity index (χ0n) is 25.7. The van der Waals surface area contributed by atoms with Gasteiger partial charge >= 0.3 is 0 Å². The maximum absolute atomic E-state index is 13.8. The smallest absolute Gasteiger partial charge is 0.251 e. The third-order valence-electron chi connectivity index (χ3n) is 9.47. The largest absolute Gasteiger partial charge is 0.392 e. The van der Waals surface area contributed by atoms with Crippen LogP contribution in [0.1, 0.15) is 67.9 Å². The summed E-state index contributed by atoms with van der Waals surface area (Å²) in [5.41, 5.74) is 5.98. The summed E-state index contributed by atoms with van der Waals surface area (Å²) in [4.78, 5) is 31.2. The van der Waals surface area contributed by atoms with Gasteiger partial charge in [0.05, 0.1) is 12.0 Å². The number of hydrogen-bond donors (Lipinski definition) is 3. The Morgan fingerprint density at radius 1 is 1.12 bits per heavy atom. The van der Waals surface area contributed by atoms with Gasteiger partial charge in [-0.1, -0.05) is 31.2 Å². The summed E-state index contributed by atoms with van der Waals surface area (Å²) in [6.07, 6.45) is 3.45. The summed E-state index contributed by atoms with van der Waals surface area (Å²) in [5, 5.41) is 16.0. The molecule has 3 aliphatic rings. The maximum Gasteiger partial charge on any atom is 0.251 e. The zero-order valence-corrected chi connectivity index (χ0v) is 25.7. The zero-order chi connectivity index (χ0) is 29.8. The van der Waals surface area contributed by atoms with Crippen molar-refractivity contribution in [1.82, 2.24) is 15.5 Å². The van der Waals surface area contributed by atoms with E-state index in [0.717, 1.165) is 87.5 Å². The highest BCUT2D eigenvalue weighted by Gasteiger charge is 2.33. The molecule has 3 fully saturated rings. The molecule has 228 valence electrons. The van der Waals surface area contributed by atoms with Crippen LogP contribution in [0.3, 0.4) is 0 Å². The van der Waals surface area contributed by atoms with E-state index in [2.05, 4.69) is 64.6 Å². The molecule has 2 aromatic carbocycles. The number of aliphatic hydroxyl groups is 1. The van der Waals surface area contributed by atoms with Crippen LogP contribution in [0.4, 0.5) is 5.69 Å². The molecule has 4 atom stereocenters. The number of carbonyl (C=O) groups is 2. The highest BCUT2D eigenvalue weighted by Crippen LogP contribution is 2.34. The molecule has 3 heterocycles. The number of piperidine rings is 1. The summed E-state index contributed by atoms with van der Waals surface area (Å²) in [5.74, 6) is -0.135. The Hall–Kier alpha value is -2.94. The van der Waals surface area contributed by atoms with Crippen molar-refractivity contribution in [2.75, 3.05) is 44.3 Å². The van der Waals surface area contributed by atoms with Crippen LogP contribution in [0.25, 0.3) is 11.1 Å². The van der Waals surface area contributed by atoms with E-state index in [0.29, 0.717) is 18.2 Å². The van der Waals surface area contributed by atoms with Gasteiger partial charge in [0.15, 0.2) is 0 Å². The number of benzene rings is 2. The van der Waals surface area contributed by atoms with E-state index in [1.165, 1.54) is 5.56 Å². The van der Waals surface area contributed by atoms with Gasteiger partial charge in [0, 0.05) is 69.3 Å². The lowest BCUT2D eigenvalue weighted by Gasteiger charge is -2.37. The Balaban J connectivity index is 1.42. The van der Waals surface area contributed by atoms with Gasteiger partial charge in [-0.25, -0.2) is 0 Å². The van der Waals surface area contributed by atoms with Crippen LogP contribution in [-0.4, -0.2) is 79.4 Å². The molecule has 3 aliphatic heterocycles. The second kappa shape index (κ2) is 13.6. The van der Waals surface area contributed by atoms with E-state index in [1.807, 2.05) is 19.9 Å². The predicted octanol–water partition coefficient (Wildman–Crippen LogP) is 4.12. The molecule has 3 saturated heterocycles. The summed E-state index contributed by atoms with van der Waals surface area (Å²) >= 11 is 0. The molecule has 2 aromatic rings. The molecule has 8 nitrogen and oxygen atoms in total. The number of hydrogen-bond acceptors (Lipinski definition) is 6. The minimum absolute atomic E-state index is 0.0212. The second-order valence-corrected chi connectivity index (χ2v) is 12.6. The Bertz CT molecular complexity index is 1240. The van der Waals surface area contributed by atoms with Crippen molar-refractivity contribution in [3.05, 3.63) is 53.1 Å². The number of rotatable bonds is 9. The molecular formula is C34H48N4O4. The molecule has 42 heavy (non-hydrogen) atoms. The van der Waals surface area contributed by atoms with Crippen LogP contribution in [0.5, 0.6) is 0 Å². The molecule has 5 rings (SSSR count). The Kier molecular flexibility index (Phi) is 9.86. The fourth-order valence-corrected chi connectivity index (χ4v) is 7.02. The van der Waals surface area contributed by atoms with E-state index in [-0.39, 0.29) is 35.8 Å². The molecule has 3 N–H and O–H groups in total. The number of nitrogens with zero attached hydrogens (tertiary/aromatic N) is 2. The van der Waals surface area contributed by atoms with E-state index >= 15 is 0 Å². The number of carbonyl (C=O) groups excluding carboxylic acids is 2. The number of ether oxygens (including phenoxy) is 1. The molecule has 0 saturated carbocycles. The van der Waals surface area contributed by atoms with Crippen LogP contribution in [0.2, 0.25) is 0 Å². The topological polar surface area (TPSA) is 94.1 Å². The molecule has 2 amide bonds. The third-order valence-corrected chi connectivity index (χ3v) is 9.47. The molecular weight excluding hydrogens is 528 g/mol. The number of nitrogens with one attached hydrogen (secondary N) is 2. The first kappa shape index (κ1) is 30.5. The average molecular weight is 577 g/mol. The highest BCUT2D eigenvalue weighted by atomic mass is 16.5. The monoisotopic (exact) mass is 576 g/mol. The predicted molar refractivity (Wildman–Crippen MR) is 167 cm³/mol. The molecule has 0 aromatic heterocycles. The normalized spacial score (nSPS) is 25.3. The first-order chi connectivity index (χ1) is 20.2. The lowest BCUT2D eigenvalue weighted by Crippen LogP contribution is -2.50. The lowest BCUT2D eigenvalue weighted by molar-refractivity contribution is -0.129. The molecule has 0 spiro atoms. The van der Waals surface area contributed by atoms with Crippen molar-refractivity contribution in [3.63, 3.8) is 0 Å². The van der Waals surface area contributed by atoms with Crippen LogP contribution in [-0.2, 0) is 16.1 Å². The number of amides is 2.